The molecule has 0 spiro atoms. The molecule has 0 unspecified atom stereocenters. The monoisotopic (exact) mass is 281 g/mol. The van der Waals surface area contributed by atoms with Gasteiger partial charge in [0.25, 0.3) is 5.91 Å². The molecule has 0 radical (unpaired) electrons. The zero-order valence-corrected chi connectivity index (χ0v) is 10.8. The molecule has 1 amide bonds. The number of hydrogen-bond donors (Lipinski definition) is 0. The molecule has 1 rings (SSSR count). The van der Waals surface area contributed by atoms with Gasteiger partial charge < -0.3 is 4.90 Å². The Hall–Kier alpha value is -2.21. The highest BCUT2D eigenvalue weighted by molar-refractivity contribution is 6.32. The predicted molar refractivity (Wildman–Crippen MR) is 72.2 cm³/mol. The zero-order chi connectivity index (χ0) is 14.4. The van der Waals surface area contributed by atoms with E-state index in [0.717, 1.165) is 0 Å². The van der Waals surface area contributed by atoms with Crippen molar-refractivity contribution in [2.75, 3.05) is 13.1 Å². The molecule has 0 aliphatic carbocycles. The molecular weight excluding hydrogens is 270 g/mol. The molecule has 1 heterocycles. The van der Waals surface area contributed by atoms with Gasteiger partial charge in [-0.25, -0.2) is 4.98 Å². The third kappa shape index (κ3) is 3.38. The summed E-state index contributed by atoms with van der Waals surface area (Å²) in [6.07, 6.45) is 4.30. The van der Waals surface area contributed by atoms with Crippen molar-refractivity contribution in [2.24, 2.45) is 0 Å². The number of nitro groups is 1. The van der Waals surface area contributed by atoms with Crippen LogP contribution in [0.25, 0.3) is 0 Å². The Morgan fingerprint density at radius 2 is 2.05 bits per heavy atom. The highest BCUT2D eigenvalue weighted by atomic mass is 35.5. The van der Waals surface area contributed by atoms with Crippen LogP contribution in [-0.2, 0) is 0 Å². The third-order valence-electron chi connectivity index (χ3n) is 2.28. The van der Waals surface area contributed by atoms with Crippen molar-refractivity contribution >= 4 is 23.2 Å². The van der Waals surface area contributed by atoms with Gasteiger partial charge in [-0.05, 0) is 6.07 Å². The number of amides is 1. The molecule has 6 nitrogen and oxygen atoms in total. The molecule has 1 aromatic heterocycles. The second-order valence-electron chi connectivity index (χ2n) is 3.54. The average Bonchev–Trinajstić information content (AvgIpc) is 2.37. The van der Waals surface area contributed by atoms with Crippen molar-refractivity contribution in [3.63, 3.8) is 0 Å². The first-order chi connectivity index (χ1) is 9.02. The summed E-state index contributed by atoms with van der Waals surface area (Å²) in [5.41, 5.74) is -0.596. The smallest absolute Gasteiger partial charge is 0.319 e. The van der Waals surface area contributed by atoms with Gasteiger partial charge in [-0.2, -0.15) is 0 Å². The number of halogens is 1. The van der Waals surface area contributed by atoms with E-state index in [-0.39, 0.29) is 23.8 Å². The maximum Gasteiger partial charge on any atom is 0.319 e. The molecule has 0 aliphatic rings. The lowest BCUT2D eigenvalue weighted by molar-refractivity contribution is -0.385. The number of carbonyl (C=O) groups excluding carboxylic acids is 1. The molecule has 7 heteroatoms. The molecule has 0 aromatic carbocycles. The molecule has 0 saturated carbocycles. The van der Waals surface area contributed by atoms with E-state index in [0.29, 0.717) is 0 Å². The van der Waals surface area contributed by atoms with E-state index in [4.69, 9.17) is 11.6 Å². The minimum Gasteiger partial charge on any atom is -0.331 e. The number of aromatic nitrogens is 1. The summed E-state index contributed by atoms with van der Waals surface area (Å²) >= 11 is 5.66. The van der Waals surface area contributed by atoms with Gasteiger partial charge in [0.05, 0.1) is 4.92 Å². The van der Waals surface area contributed by atoms with Crippen molar-refractivity contribution in [1.29, 1.82) is 0 Å². The van der Waals surface area contributed by atoms with Crippen molar-refractivity contribution in [3.8, 4) is 0 Å². The average molecular weight is 282 g/mol. The molecule has 19 heavy (non-hydrogen) atoms. The molecule has 0 N–H and O–H groups in total. The minimum atomic E-state index is -0.720. The number of rotatable bonds is 6. The Morgan fingerprint density at radius 1 is 1.47 bits per heavy atom. The topological polar surface area (TPSA) is 76.3 Å². The number of hydrogen-bond acceptors (Lipinski definition) is 4. The largest absolute Gasteiger partial charge is 0.331 e. The fourth-order valence-electron chi connectivity index (χ4n) is 1.50. The fourth-order valence-corrected chi connectivity index (χ4v) is 1.72. The summed E-state index contributed by atoms with van der Waals surface area (Å²) in [4.78, 5) is 27.4. The van der Waals surface area contributed by atoms with Gasteiger partial charge in [0.2, 0.25) is 5.15 Å². The minimum absolute atomic E-state index is 0.103. The Bertz CT molecular complexity index is 521. The summed E-state index contributed by atoms with van der Waals surface area (Å²) in [5.74, 6) is -0.518. The van der Waals surface area contributed by atoms with E-state index in [1.807, 2.05) is 0 Å². The third-order valence-corrected chi connectivity index (χ3v) is 2.56. The maximum atomic E-state index is 12.2. The van der Waals surface area contributed by atoms with Gasteiger partial charge in [-0.1, -0.05) is 23.8 Å². The normalized spacial score (nSPS) is 9.74. The van der Waals surface area contributed by atoms with Crippen LogP contribution in [0.15, 0.2) is 37.6 Å². The van der Waals surface area contributed by atoms with Crippen molar-refractivity contribution in [2.45, 2.75) is 0 Å². The molecule has 0 fully saturated rings. The van der Waals surface area contributed by atoms with Crippen LogP contribution in [0, 0.1) is 10.1 Å². The van der Waals surface area contributed by atoms with Crippen LogP contribution in [0.1, 0.15) is 10.4 Å². The van der Waals surface area contributed by atoms with E-state index in [1.165, 1.54) is 29.3 Å². The van der Waals surface area contributed by atoms with Gasteiger partial charge in [0, 0.05) is 19.3 Å². The Labute approximate surface area is 115 Å². The molecule has 0 bridgehead atoms. The van der Waals surface area contributed by atoms with E-state index in [1.54, 1.807) is 0 Å². The molecule has 0 atom stereocenters. The Balaban J connectivity index is 3.24. The van der Waals surface area contributed by atoms with E-state index >= 15 is 0 Å². The van der Waals surface area contributed by atoms with Crippen LogP contribution < -0.4 is 0 Å². The maximum absolute atomic E-state index is 12.2. The number of pyridine rings is 1. The van der Waals surface area contributed by atoms with Crippen LogP contribution in [0.4, 0.5) is 5.69 Å². The Kier molecular flexibility index (Phi) is 5.20. The first-order valence-corrected chi connectivity index (χ1v) is 5.70. The van der Waals surface area contributed by atoms with E-state index in [2.05, 4.69) is 18.1 Å². The molecule has 1 aromatic rings. The second-order valence-corrected chi connectivity index (χ2v) is 3.90. The predicted octanol–water partition coefficient (Wildman–Crippen LogP) is 2.46. The van der Waals surface area contributed by atoms with Crippen LogP contribution in [0.3, 0.4) is 0 Å². The van der Waals surface area contributed by atoms with Gasteiger partial charge >= 0.3 is 5.69 Å². The standard InChI is InChI=1S/C12H12ClN3O3/c1-3-7-15(8-4-2)12(17)9-5-6-14-11(13)10(9)16(18)19/h3-6H,1-2,7-8H2. The van der Waals surface area contributed by atoms with E-state index < -0.39 is 16.5 Å². The second kappa shape index (κ2) is 6.65. The first kappa shape index (κ1) is 14.8. The Morgan fingerprint density at radius 3 is 2.53 bits per heavy atom. The quantitative estimate of drug-likeness (QED) is 0.347. The molecule has 100 valence electrons. The highest BCUT2D eigenvalue weighted by Gasteiger charge is 2.27. The molecular formula is C12H12ClN3O3. The summed E-state index contributed by atoms with van der Waals surface area (Å²) in [5, 5.41) is 10.6. The summed E-state index contributed by atoms with van der Waals surface area (Å²) in [6, 6.07) is 1.27. The van der Waals surface area contributed by atoms with Gasteiger partial charge in [0.1, 0.15) is 5.56 Å². The molecule has 0 saturated heterocycles. The van der Waals surface area contributed by atoms with Gasteiger partial charge in [0.15, 0.2) is 0 Å². The lowest BCUT2D eigenvalue weighted by Gasteiger charge is -2.19. The lowest BCUT2D eigenvalue weighted by Crippen LogP contribution is -2.31. The highest BCUT2D eigenvalue weighted by Crippen LogP contribution is 2.27. The van der Waals surface area contributed by atoms with E-state index in [9.17, 15) is 14.9 Å². The van der Waals surface area contributed by atoms with Gasteiger partial charge in [-0.3, -0.25) is 14.9 Å². The van der Waals surface area contributed by atoms with Crippen LogP contribution in [0.2, 0.25) is 5.15 Å². The number of nitrogens with zero attached hydrogens (tertiary/aromatic N) is 3. The SMILES string of the molecule is C=CCN(CC=C)C(=O)c1ccnc(Cl)c1[N+](=O)[O-]. The van der Waals surface area contributed by atoms with Crippen molar-refractivity contribution in [3.05, 3.63) is 58.4 Å². The summed E-state index contributed by atoms with van der Waals surface area (Å²) < 4.78 is 0. The fraction of sp³-hybridized carbons (Fsp3) is 0.167. The summed E-state index contributed by atoms with van der Waals surface area (Å²) in [6.45, 7) is 7.57. The first-order valence-electron chi connectivity index (χ1n) is 5.32. The van der Waals surface area contributed by atoms with Gasteiger partial charge in [-0.15, -0.1) is 13.2 Å². The summed E-state index contributed by atoms with van der Waals surface area (Å²) in [7, 11) is 0. The van der Waals surface area contributed by atoms with Crippen LogP contribution in [0.5, 0.6) is 0 Å². The molecule has 0 aliphatic heterocycles. The number of carbonyl (C=O) groups is 1. The lowest BCUT2D eigenvalue weighted by atomic mass is 10.2. The van der Waals surface area contributed by atoms with Crippen LogP contribution in [-0.4, -0.2) is 33.8 Å². The zero-order valence-electron chi connectivity index (χ0n) is 10.1. The van der Waals surface area contributed by atoms with Crippen molar-refractivity contribution < 1.29 is 9.72 Å². The van der Waals surface area contributed by atoms with Crippen molar-refractivity contribution in [1.82, 2.24) is 9.88 Å². The van der Waals surface area contributed by atoms with Crippen LogP contribution >= 0.6 is 11.6 Å².